The highest BCUT2D eigenvalue weighted by Gasteiger charge is 2.10. The summed E-state index contributed by atoms with van der Waals surface area (Å²) in [6.45, 7) is -0.479. The lowest BCUT2D eigenvalue weighted by molar-refractivity contribution is -0.139. The number of carboxylic acids is 1. The maximum absolute atomic E-state index is 12.1. The minimum absolute atomic E-state index is 0.153. The summed E-state index contributed by atoms with van der Waals surface area (Å²) in [5.74, 6) is -0.991. The van der Waals surface area contributed by atoms with Gasteiger partial charge in [-0.25, -0.2) is 9.78 Å². The van der Waals surface area contributed by atoms with E-state index < -0.39 is 12.6 Å². The number of carbonyl (C=O) groups excluding carboxylic acids is 1. The molecule has 8 heteroatoms. The molecule has 0 aliphatic rings. The molecule has 1 aromatic heterocycles. The molecule has 0 fully saturated rings. The van der Waals surface area contributed by atoms with Crippen LogP contribution in [0.15, 0.2) is 42.5 Å². The second-order valence-corrected chi connectivity index (χ2v) is 6.97. The molecular weight excluding hydrogens is 376 g/mol. The van der Waals surface area contributed by atoms with E-state index >= 15 is 0 Å². The van der Waals surface area contributed by atoms with E-state index in [4.69, 9.17) is 21.4 Å². The summed E-state index contributed by atoms with van der Waals surface area (Å²) >= 11 is 7.62. The number of rotatable bonds is 7. The predicted molar refractivity (Wildman–Crippen MR) is 101 cm³/mol. The van der Waals surface area contributed by atoms with Gasteiger partial charge in [0.2, 0.25) is 5.91 Å². The van der Waals surface area contributed by atoms with E-state index in [2.05, 4.69) is 10.3 Å². The third-order valence-electron chi connectivity index (χ3n) is 3.47. The first-order chi connectivity index (χ1) is 12.5. The first kappa shape index (κ1) is 18.2. The van der Waals surface area contributed by atoms with Gasteiger partial charge in [-0.1, -0.05) is 23.7 Å². The van der Waals surface area contributed by atoms with Gasteiger partial charge < -0.3 is 15.2 Å². The van der Waals surface area contributed by atoms with Gasteiger partial charge in [0.1, 0.15) is 5.75 Å². The normalized spacial score (nSPS) is 10.7. The quantitative estimate of drug-likeness (QED) is 0.636. The van der Waals surface area contributed by atoms with Crippen LogP contribution in [0, 0.1) is 0 Å². The average molecular weight is 391 g/mol. The maximum Gasteiger partial charge on any atom is 0.341 e. The molecule has 1 heterocycles. The molecule has 3 rings (SSSR count). The van der Waals surface area contributed by atoms with Crippen LogP contribution in [-0.2, 0) is 16.0 Å². The number of carboxylic acid groups (broad SMARTS) is 1. The number of anilines is 1. The van der Waals surface area contributed by atoms with Gasteiger partial charge >= 0.3 is 5.97 Å². The summed E-state index contributed by atoms with van der Waals surface area (Å²) in [6.07, 6.45) is 0.855. The highest BCUT2D eigenvalue weighted by Crippen LogP contribution is 2.28. The van der Waals surface area contributed by atoms with E-state index in [-0.39, 0.29) is 16.7 Å². The van der Waals surface area contributed by atoms with Crippen molar-refractivity contribution in [3.8, 4) is 5.75 Å². The number of aromatic nitrogens is 1. The molecule has 0 atom stereocenters. The number of nitrogens with zero attached hydrogens (tertiary/aromatic N) is 1. The SMILES string of the molecule is O=C(O)COc1ccc(NC(=O)CCc2nc3ccccc3s2)cc1Cl. The molecule has 0 saturated heterocycles. The van der Waals surface area contributed by atoms with Crippen LogP contribution in [0.3, 0.4) is 0 Å². The van der Waals surface area contributed by atoms with Gasteiger partial charge in [-0.2, -0.15) is 0 Å². The molecule has 0 bridgehead atoms. The second kappa shape index (κ2) is 8.16. The van der Waals surface area contributed by atoms with Crippen LogP contribution < -0.4 is 10.1 Å². The number of benzene rings is 2. The highest BCUT2D eigenvalue weighted by molar-refractivity contribution is 7.18. The third kappa shape index (κ3) is 4.71. The van der Waals surface area contributed by atoms with Gasteiger partial charge in [0, 0.05) is 18.5 Å². The topological polar surface area (TPSA) is 88.5 Å². The smallest absolute Gasteiger partial charge is 0.341 e. The van der Waals surface area contributed by atoms with Crippen LogP contribution >= 0.6 is 22.9 Å². The molecule has 0 saturated carbocycles. The molecule has 0 spiro atoms. The number of hydrogen-bond acceptors (Lipinski definition) is 5. The summed E-state index contributed by atoms with van der Waals surface area (Å²) in [5.41, 5.74) is 1.46. The van der Waals surface area contributed by atoms with Crippen LogP contribution in [0.2, 0.25) is 5.02 Å². The fourth-order valence-electron chi connectivity index (χ4n) is 2.31. The van der Waals surface area contributed by atoms with Crippen molar-refractivity contribution in [3.63, 3.8) is 0 Å². The van der Waals surface area contributed by atoms with Crippen molar-refractivity contribution in [2.45, 2.75) is 12.8 Å². The van der Waals surface area contributed by atoms with E-state index in [1.165, 1.54) is 12.1 Å². The Bertz CT molecular complexity index is 924. The summed E-state index contributed by atoms with van der Waals surface area (Å²) in [4.78, 5) is 27.1. The molecule has 3 aromatic rings. The van der Waals surface area contributed by atoms with Crippen molar-refractivity contribution in [1.82, 2.24) is 4.98 Å². The lowest BCUT2D eigenvalue weighted by Crippen LogP contribution is -2.12. The molecule has 0 aliphatic carbocycles. The number of hydrogen-bond donors (Lipinski definition) is 2. The van der Waals surface area contributed by atoms with Crippen LogP contribution in [-0.4, -0.2) is 28.6 Å². The number of nitrogens with one attached hydrogen (secondary N) is 1. The van der Waals surface area contributed by atoms with Gasteiger partial charge in [-0.05, 0) is 30.3 Å². The Morgan fingerprint density at radius 3 is 2.77 bits per heavy atom. The summed E-state index contributed by atoms with van der Waals surface area (Å²) in [7, 11) is 0. The molecule has 26 heavy (non-hydrogen) atoms. The number of aliphatic carboxylic acids is 1. The van der Waals surface area contributed by atoms with E-state index in [9.17, 15) is 9.59 Å². The Morgan fingerprint density at radius 1 is 1.23 bits per heavy atom. The Labute approximate surface area is 158 Å². The lowest BCUT2D eigenvalue weighted by atomic mass is 10.2. The number of ether oxygens (including phenoxy) is 1. The Balaban J connectivity index is 1.55. The third-order valence-corrected chi connectivity index (χ3v) is 4.86. The maximum atomic E-state index is 12.1. The molecule has 1 amide bonds. The van der Waals surface area contributed by atoms with Crippen LogP contribution in [0.4, 0.5) is 5.69 Å². The number of para-hydroxylation sites is 1. The monoisotopic (exact) mass is 390 g/mol. The van der Waals surface area contributed by atoms with Crippen molar-refractivity contribution in [2.24, 2.45) is 0 Å². The van der Waals surface area contributed by atoms with Gasteiger partial charge in [0.15, 0.2) is 6.61 Å². The zero-order valence-electron chi connectivity index (χ0n) is 13.6. The van der Waals surface area contributed by atoms with E-state index in [1.807, 2.05) is 24.3 Å². The van der Waals surface area contributed by atoms with Gasteiger partial charge in [-0.15, -0.1) is 11.3 Å². The number of carbonyl (C=O) groups is 2. The number of halogens is 1. The average Bonchev–Trinajstić information content (AvgIpc) is 3.02. The fourth-order valence-corrected chi connectivity index (χ4v) is 3.51. The molecule has 0 aliphatic heterocycles. The summed E-state index contributed by atoms with van der Waals surface area (Å²) < 4.78 is 6.14. The molecule has 0 radical (unpaired) electrons. The molecule has 6 nitrogen and oxygen atoms in total. The number of aryl methyl sites for hydroxylation is 1. The Kier molecular flexibility index (Phi) is 5.70. The van der Waals surface area contributed by atoms with Crippen molar-refractivity contribution < 1.29 is 19.4 Å². The number of amides is 1. The highest BCUT2D eigenvalue weighted by atomic mass is 35.5. The standard InChI is InChI=1S/C18H15ClN2O4S/c19-12-9-11(5-6-14(12)25-10-18(23)24)20-16(22)7-8-17-21-13-3-1-2-4-15(13)26-17/h1-6,9H,7-8,10H2,(H,20,22)(H,23,24). The van der Waals surface area contributed by atoms with Gasteiger partial charge in [0.25, 0.3) is 0 Å². The van der Waals surface area contributed by atoms with Crippen LogP contribution in [0.25, 0.3) is 10.2 Å². The molecular formula is C18H15ClN2O4S. The number of fused-ring (bicyclic) bond motifs is 1. The summed E-state index contributed by atoms with van der Waals surface area (Å²) in [5, 5.41) is 12.5. The van der Waals surface area contributed by atoms with Crippen molar-refractivity contribution in [3.05, 3.63) is 52.5 Å². The fraction of sp³-hybridized carbons (Fsp3) is 0.167. The largest absolute Gasteiger partial charge is 0.480 e. The molecule has 2 N–H and O–H groups in total. The first-order valence-electron chi connectivity index (χ1n) is 7.80. The van der Waals surface area contributed by atoms with Gasteiger partial charge in [-0.3, -0.25) is 4.79 Å². The first-order valence-corrected chi connectivity index (χ1v) is 8.99. The van der Waals surface area contributed by atoms with Crippen molar-refractivity contribution in [1.29, 1.82) is 0 Å². The minimum atomic E-state index is -1.09. The van der Waals surface area contributed by atoms with Crippen LogP contribution in [0.1, 0.15) is 11.4 Å². The zero-order valence-corrected chi connectivity index (χ0v) is 15.1. The molecule has 2 aromatic carbocycles. The van der Waals surface area contributed by atoms with E-state index in [0.717, 1.165) is 15.2 Å². The van der Waals surface area contributed by atoms with Crippen LogP contribution in [0.5, 0.6) is 5.75 Å². The van der Waals surface area contributed by atoms with Crippen molar-refractivity contribution >= 4 is 50.7 Å². The lowest BCUT2D eigenvalue weighted by Gasteiger charge is -2.09. The number of thiazole rings is 1. The molecule has 0 unspecified atom stereocenters. The second-order valence-electron chi connectivity index (χ2n) is 5.45. The summed E-state index contributed by atoms with van der Waals surface area (Å²) in [6, 6.07) is 12.5. The Hall–Kier alpha value is -2.64. The van der Waals surface area contributed by atoms with E-state index in [1.54, 1.807) is 17.4 Å². The Morgan fingerprint density at radius 2 is 2.04 bits per heavy atom. The van der Waals surface area contributed by atoms with E-state index in [0.29, 0.717) is 18.5 Å². The zero-order chi connectivity index (χ0) is 18.5. The minimum Gasteiger partial charge on any atom is -0.480 e. The predicted octanol–water partition coefficient (Wildman–Crippen LogP) is 3.98. The van der Waals surface area contributed by atoms with Gasteiger partial charge in [0.05, 0.1) is 20.2 Å². The molecule has 134 valence electrons. The van der Waals surface area contributed by atoms with Crippen molar-refractivity contribution in [2.75, 3.05) is 11.9 Å².